The molecule has 1 saturated heterocycles. The number of ether oxygens (including phenoxy) is 1. The quantitative estimate of drug-likeness (QED) is 0.902. The van der Waals surface area contributed by atoms with E-state index >= 15 is 0 Å². The van der Waals surface area contributed by atoms with Gasteiger partial charge in [0.2, 0.25) is 0 Å². The van der Waals surface area contributed by atoms with Crippen LogP contribution in [0, 0.1) is 17.7 Å². The highest BCUT2D eigenvalue weighted by Crippen LogP contribution is 2.34. The van der Waals surface area contributed by atoms with Crippen LogP contribution in [-0.4, -0.2) is 19.2 Å². The molecule has 19 heavy (non-hydrogen) atoms. The molecule has 0 saturated carbocycles. The average Bonchev–Trinajstić information content (AvgIpc) is 2.80. The summed E-state index contributed by atoms with van der Waals surface area (Å²) in [6.07, 6.45) is 0.985. The fraction of sp³-hybridized carbons (Fsp3) is 0.571. The highest BCUT2D eigenvalue weighted by molar-refractivity contribution is 6.35. The molecule has 1 unspecified atom stereocenters. The Bertz CT molecular complexity index is 424. The molecule has 1 aliphatic rings. The molecule has 0 bridgehead atoms. The van der Waals surface area contributed by atoms with Gasteiger partial charge in [0.15, 0.2) is 11.6 Å². The number of rotatable bonds is 4. The third-order valence-electron chi connectivity index (χ3n) is 3.44. The van der Waals surface area contributed by atoms with E-state index in [4.69, 9.17) is 27.9 Å². The minimum atomic E-state index is -0.505. The second-order valence-electron chi connectivity index (χ2n) is 5.28. The minimum absolute atomic E-state index is 0.0526. The maximum Gasteiger partial charge on any atom is 0.174 e. The van der Waals surface area contributed by atoms with Crippen molar-refractivity contribution in [2.24, 2.45) is 11.8 Å². The normalized spacial score (nSPS) is 20.8. The van der Waals surface area contributed by atoms with Crippen LogP contribution in [0.5, 0.6) is 5.75 Å². The zero-order valence-corrected chi connectivity index (χ0v) is 12.6. The molecule has 1 aliphatic heterocycles. The van der Waals surface area contributed by atoms with Gasteiger partial charge in [-0.25, -0.2) is 4.39 Å². The molecule has 1 N–H and O–H groups in total. The molecule has 5 heteroatoms. The number of benzene rings is 1. The summed E-state index contributed by atoms with van der Waals surface area (Å²) in [5, 5.41) is 3.80. The van der Waals surface area contributed by atoms with Gasteiger partial charge in [0.1, 0.15) is 6.10 Å². The number of hydrogen-bond donors (Lipinski definition) is 1. The van der Waals surface area contributed by atoms with Gasteiger partial charge in [0, 0.05) is 17.5 Å². The molecule has 0 spiro atoms. The van der Waals surface area contributed by atoms with Crippen LogP contribution in [0.3, 0.4) is 0 Å². The van der Waals surface area contributed by atoms with E-state index in [1.165, 1.54) is 12.1 Å². The van der Waals surface area contributed by atoms with E-state index in [0.717, 1.165) is 19.5 Å². The molecule has 2 atom stereocenters. The van der Waals surface area contributed by atoms with Crippen LogP contribution in [0.2, 0.25) is 10.0 Å². The molecular formula is C14H18Cl2FNO. The van der Waals surface area contributed by atoms with Crippen molar-refractivity contribution in [1.29, 1.82) is 0 Å². The first-order valence-corrected chi connectivity index (χ1v) is 7.26. The second-order valence-corrected chi connectivity index (χ2v) is 6.12. The summed E-state index contributed by atoms with van der Waals surface area (Å²) in [7, 11) is 0. The van der Waals surface area contributed by atoms with Crippen molar-refractivity contribution in [1.82, 2.24) is 5.32 Å². The largest absolute Gasteiger partial charge is 0.485 e. The molecule has 0 radical (unpaired) electrons. The van der Waals surface area contributed by atoms with Crippen molar-refractivity contribution in [2.75, 3.05) is 13.1 Å². The maximum atomic E-state index is 13.9. The third-order valence-corrected chi connectivity index (χ3v) is 3.94. The summed E-state index contributed by atoms with van der Waals surface area (Å²) in [6.45, 7) is 6.03. The van der Waals surface area contributed by atoms with Crippen molar-refractivity contribution in [3.05, 3.63) is 28.0 Å². The number of nitrogens with one attached hydrogen (secondary N) is 1. The molecule has 1 aromatic carbocycles. The molecule has 2 rings (SSSR count). The van der Waals surface area contributed by atoms with Crippen LogP contribution in [-0.2, 0) is 0 Å². The van der Waals surface area contributed by atoms with Crippen LogP contribution >= 0.6 is 23.2 Å². The Morgan fingerprint density at radius 2 is 2.11 bits per heavy atom. The lowest BCUT2D eigenvalue weighted by Gasteiger charge is -2.28. The van der Waals surface area contributed by atoms with Crippen LogP contribution in [0.25, 0.3) is 0 Å². The molecular weight excluding hydrogens is 288 g/mol. The molecule has 2 nitrogen and oxygen atoms in total. The van der Waals surface area contributed by atoms with Crippen LogP contribution in [0.1, 0.15) is 20.3 Å². The minimum Gasteiger partial charge on any atom is -0.485 e. The predicted octanol–water partition coefficient (Wildman–Crippen LogP) is 4.15. The van der Waals surface area contributed by atoms with E-state index in [0.29, 0.717) is 5.92 Å². The van der Waals surface area contributed by atoms with Gasteiger partial charge in [-0.15, -0.1) is 0 Å². The van der Waals surface area contributed by atoms with E-state index < -0.39 is 5.82 Å². The van der Waals surface area contributed by atoms with Crippen molar-refractivity contribution >= 4 is 23.2 Å². The first-order valence-electron chi connectivity index (χ1n) is 6.51. The summed E-state index contributed by atoms with van der Waals surface area (Å²) in [4.78, 5) is 0. The molecule has 1 fully saturated rings. The Morgan fingerprint density at radius 3 is 2.63 bits per heavy atom. The zero-order valence-electron chi connectivity index (χ0n) is 11.1. The van der Waals surface area contributed by atoms with Gasteiger partial charge in [0.25, 0.3) is 0 Å². The SMILES string of the molecule is CC(C)[C@H](Oc1c(F)cc(Cl)cc1Cl)C1CCNC1. The van der Waals surface area contributed by atoms with Crippen molar-refractivity contribution in [2.45, 2.75) is 26.4 Å². The number of halogens is 3. The van der Waals surface area contributed by atoms with Gasteiger partial charge in [-0.05, 0) is 31.0 Å². The lowest BCUT2D eigenvalue weighted by Crippen LogP contribution is -2.33. The second kappa shape index (κ2) is 6.29. The standard InChI is InChI=1S/C14H18Cl2FNO/c1-8(2)13(9-3-4-18-7-9)19-14-11(16)5-10(15)6-12(14)17/h5-6,8-9,13,18H,3-4,7H2,1-2H3/t9?,13-/m0/s1. The van der Waals surface area contributed by atoms with E-state index in [2.05, 4.69) is 19.2 Å². The maximum absolute atomic E-state index is 13.9. The van der Waals surface area contributed by atoms with Gasteiger partial charge in [0.05, 0.1) is 5.02 Å². The summed E-state index contributed by atoms with van der Waals surface area (Å²) in [5.74, 6) is 0.271. The monoisotopic (exact) mass is 305 g/mol. The molecule has 0 aromatic heterocycles. The molecule has 0 aliphatic carbocycles. The predicted molar refractivity (Wildman–Crippen MR) is 76.7 cm³/mol. The van der Waals surface area contributed by atoms with Crippen LogP contribution in [0.15, 0.2) is 12.1 Å². The number of hydrogen-bond acceptors (Lipinski definition) is 2. The third kappa shape index (κ3) is 3.53. The van der Waals surface area contributed by atoms with Gasteiger partial charge in [-0.2, -0.15) is 0 Å². The smallest absolute Gasteiger partial charge is 0.174 e. The molecule has 1 aromatic rings. The van der Waals surface area contributed by atoms with Gasteiger partial charge in [-0.3, -0.25) is 0 Å². The van der Waals surface area contributed by atoms with E-state index in [1.54, 1.807) is 0 Å². The Balaban J connectivity index is 2.21. The molecule has 1 heterocycles. The first-order chi connectivity index (χ1) is 8.99. The summed E-state index contributed by atoms with van der Waals surface area (Å²) >= 11 is 11.8. The lowest BCUT2D eigenvalue weighted by molar-refractivity contribution is 0.0929. The van der Waals surface area contributed by atoms with Crippen molar-refractivity contribution < 1.29 is 9.13 Å². The van der Waals surface area contributed by atoms with Gasteiger partial charge < -0.3 is 10.1 Å². The van der Waals surface area contributed by atoms with E-state index in [-0.39, 0.29) is 27.8 Å². The van der Waals surface area contributed by atoms with E-state index in [9.17, 15) is 4.39 Å². The highest BCUT2D eigenvalue weighted by atomic mass is 35.5. The Labute approximate surface area is 123 Å². The van der Waals surface area contributed by atoms with Crippen LogP contribution in [0.4, 0.5) is 4.39 Å². The Morgan fingerprint density at radius 1 is 1.37 bits per heavy atom. The average molecular weight is 306 g/mol. The fourth-order valence-electron chi connectivity index (χ4n) is 2.51. The van der Waals surface area contributed by atoms with Crippen molar-refractivity contribution in [3.8, 4) is 5.75 Å². The van der Waals surface area contributed by atoms with Crippen LogP contribution < -0.4 is 10.1 Å². The van der Waals surface area contributed by atoms with Gasteiger partial charge >= 0.3 is 0 Å². The summed E-state index contributed by atoms with van der Waals surface area (Å²) < 4.78 is 19.8. The lowest BCUT2D eigenvalue weighted by atomic mass is 9.92. The zero-order chi connectivity index (χ0) is 14.0. The van der Waals surface area contributed by atoms with E-state index in [1.807, 2.05) is 0 Å². The molecule has 106 valence electrons. The topological polar surface area (TPSA) is 21.3 Å². The van der Waals surface area contributed by atoms with Gasteiger partial charge in [-0.1, -0.05) is 37.0 Å². The highest BCUT2D eigenvalue weighted by Gasteiger charge is 2.30. The molecule has 0 amide bonds. The Hall–Kier alpha value is -0.510. The van der Waals surface area contributed by atoms with Crippen molar-refractivity contribution in [3.63, 3.8) is 0 Å². The Kier molecular flexibility index (Phi) is 4.93. The summed E-state index contributed by atoms with van der Waals surface area (Å²) in [5.41, 5.74) is 0. The first kappa shape index (κ1) is 14.9. The summed E-state index contributed by atoms with van der Waals surface area (Å²) in [6, 6.07) is 2.73. The fourth-order valence-corrected chi connectivity index (χ4v) is 3.02.